The minimum atomic E-state index is -4.67. The first-order valence-corrected chi connectivity index (χ1v) is 13.6. The highest BCUT2D eigenvalue weighted by molar-refractivity contribution is 7.89. The van der Waals surface area contributed by atoms with Gasteiger partial charge in [-0.3, -0.25) is 9.69 Å². The second-order valence-corrected chi connectivity index (χ2v) is 10.9. The Kier molecular flexibility index (Phi) is 7.86. The molecule has 2 heterocycles. The molecule has 1 atom stereocenters. The van der Waals surface area contributed by atoms with Gasteiger partial charge in [0.15, 0.2) is 0 Å². The molecule has 3 amide bonds. The van der Waals surface area contributed by atoms with Crippen LogP contribution in [0.5, 0.6) is 0 Å². The van der Waals surface area contributed by atoms with Crippen LogP contribution in [0.2, 0.25) is 0 Å². The predicted molar refractivity (Wildman–Crippen MR) is 136 cm³/mol. The summed E-state index contributed by atoms with van der Waals surface area (Å²) in [5.74, 6) is -0.0825. The Hall–Kier alpha value is -4.40. The summed E-state index contributed by atoms with van der Waals surface area (Å²) in [6.45, 7) is 1.92. The van der Waals surface area contributed by atoms with Crippen LogP contribution >= 0.6 is 0 Å². The van der Waals surface area contributed by atoms with E-state index < -0.39 is 33.8 Å². The van der Waals surface area contributed by atoms with E-state index in [4.69, 9.17) is 0 Å². The Balaban J connectivity index is 1.72. The van der Waals surface area contributed by atoms with E-state index in [1.807, 2.05) is 12.1 Å². The maximum absolute atomic E-state index is 13.3. The minimum Gasteiger partial charge on any atom is -0.341 e. The van der Waals surface area contributed by atoms with Gasteiger partial charge in [0.25, 0.3) is 0 Å². The number of sulfonamides is 1. The van der Waals surface area contributed by atoms with Crippen LogP contribution in [0.1, 0.15) is 42.5 Å². The zero-order valence-electron chi connectivity index (χ0n) is 21.1. The third kappa shape index (κ3) is 5.64. The van der Waals surface area contributed by atoms with Crippen LogP contribution in [0.4, 0.5) is 23.7 Å². The molecule has 0 radical (unpaired) electrons. The Bertz CT molecular complexity index is 1590. The molecule has 0 spiro atoms. The summed E-state index contributed by atoms with van der Waals surface area (Å²) in [7, 11) is -4.30. The normalized spacial score (nSPS) is 18.0. The molecule has 14 heteroatoms. The number of nitrogens with one attached hydrogen (secondary N) is 2. The van der Waals surface area contributed by atoms with E-state index in [9.17, 15) is 41.7 Å². The molecule has 4 rings (SSSR count). The van der Waals surface area contributed by atoms with Crippen molar-refractivity contribution in [2.24, 2.45) is 0 Å². The number of halogens is 3. The van der Waals surface area contributed by atoms with Gasteiger partial charge in [-0.25, -0.2) is 17.9 Å². The Morgan fingerprint density at radius 1 is 1.12 bits per heavy atom. The average molecular weight is 573 g/mol. The molecule has 40 heavy (non-hydrogen) atoms. The number of carbonyl (C=O) groups is 2. The summed E-state index contributed by atoms with van der Waals surface area (Å²) in [4.78, 5) is 27.1. The molecule has 0 bridgehead atoms. The second kappa shape index (κ2) is 11.0. The SMILES string of the molecule is CC1=C(C#N)[C@@H](c2ccc(C#N)cc2S(=O)(=O)NCCN2CCCC2=O)NC(=O)N1c1cccc(C(F)(F)F)c1. The number of allylic oxidation sites excluding steroid dienone is 1. The Labute approximate surface area is 228 Å². The van der Waals surface area contributed by atoms with Crippen molar-refractivity contribution in [2.45, 2.75) is 36.9 Å². The highest BCUT2D eigenvalue weighted by atomic mass is 32.2. The molecule has 2 aliphatic heterocycles. The van der Waals surface area contributed by atoms with Gasteiger partial charge in [0, 0.05) is 31.8 Å². The summed E-state index contributed by atoms with van der Waals surface area (Å²) < 4.78 is 68.9. The third-order valence-corrected chi connectivity index (χ3v) is 8.14. The number of anilines is 1. The van der Waals surface area contributed by atoms with E-state index in [-0.39, 0.29) is 52.0 Å². The topological polar surface area (TPSA) is 146 Å². The van der Waals surface area contributed by atoms with E-state index in [1.54, 1.807) is 0 Å². The lowest BCUT2D eigenvalue weighted by molar-refractivity contribution is -0.137. The Morgan fingerprint density at radius 3 is 2.50 bits per heavy atom. The first kappa shape index (κ1) is 28.6. The van der Waals surface area contributed by atoms with E-state index in [1.165, 1.54) is 30.0 Å². The van der Waals surface area contributed by atoms with E-state index >= 15 is 0 Å². The van der Waals surface area contributed by atoms with Crippen LogP contribution in [-0.4, -0.2) is 44.9 Å². The van der Waals surface area contributed by atoms with Crippen LogP contribution in [-0.2, 0) is 21.0 Å². The molecule has 0 aromatic heterocycles. The van der Waals surface area contributed by atoms with Crippen LogP contribution in [0.3, 0.4) is 0 Å². The van der Waals surface area contributed by atoms with E-state index in [0.29, 0.717) is 19.4 Å². The minimum absolute atomic E-state index is 0.00351. The van der Waals surface area contributed by atoms with Gasteiger partial charge in [-0.1, -0.05) is 12.1 Å². The third-order valence-electron chi connectivity index (χ3n) is 6.63. The smallest absolute Gasteiger partial charge is 0.341 e. The van der Waals surface area contributed by atoms with Gasteiger partial charge in [-0.05, 0) is 49.2 Å². The molecule has 1 fully saturated rings. The number of nitrogens with zero attached hydrogens (tertiary/aromatic N) is 4. The lowest BCUT2D eigenvalue weighted by Gasteiger charge is -2.34. The molecule has 2 aliphatic rings. The van der Waals surface area contributed by atoms with Crippen molar-refractivity contribution in [1.29, 1.82) is 10.5 Å². The quantitative estimate of drug-likeness (QED) is 0.519. The molecule has 0 unspecified atom stereocenters. The summed E-state index contributed by atoms with van der Waals surface area (Å²) in [6.07, 6.45) is -3.59. The number of rotatable bonds is 7. The van der Waals surface area contributed by atoms with Gasteiger partial charge in [-0.15, -0.1) is 0 Å². The van der Waals surface area contributed by atoms with Crippen molar-refractivity contribution in [2.75, 3.05) is 24.5 Å². The molecule has 208 valence electrons. The van der Waals surface area contributed by atoms with Crippen molar-refractivity contribution in [3.8, 4) is 12.1 Å². The van der Waals surface area contributed by atoms with Gasteiger partial charge < -0.3 is 10.2 Å². The van der Waals surface area contributed by atoms with Crippen molar-refractivity contribution < 1.29 is 31.2 Å². The maximum Gasteiger partial charge on any atom is 0.416 e. The molecule has 0 aliphatic carbocycles. The Morgan fingerprint density at radius 2 is 1.88 bits per heavy atom. The highest BCUT2D eigenvalue weighted by Crippen LogP contribution is 2.38. The monoisotopic (exact) mass is 572 g/mol. The second-order valence-electron chi connectivity index (χ2n) is 9.12. The zero-order valence-corrected chi connectivity index (χ0v) is 21.9. The molecule has 0 saturated carbocycles. The van der Waals surface area contributed by atoms with Crippen molar-refractivity contribution in [3.05, 3.63) is 70.4 Å². The number of urea groups is 1. The number of benzene rings is 2. The molecular formula is C26H23F3N6O4S. The van der Waals surface area contributed by atoms with Gasteiger partial charge in [0.1, 0.15) is 0 Å². The summed E-state index contributed by atoms with van der Waals surface area (Å²) >= 11 is 0. The lowest BCUT2D eigenvalue weighted by atomic mass is 9.94. The number of carbonyl (C=O) groups excluding carboxylic acids is 2. The zero-order chi connectivity index (χ0) is 29.2. The van der Waals surface area contributed by atoms with Gasteiger partial charge >= 0.3 is 12.2 Å². The molecule has 2 aromatic rings. The number of hydrogen-bond acceptors (Lipinski definition) is 6. The summed E-state index contributed by atoms with van der Waals surface area (Å²) in [6, 6.07) is 9.38. The van der Waals surface area contributed by atoms with Gasteiger partial charge in [0.05, 0.1) is 45.5 Å². The highest BCUT2D eigenvalue weighted by Gasteiger charge is 2.37. The fourth-order valence-corrected chi connectivity index (χ4v) is 5.95. The number of hydrogen-bond donors (Lipinski definition) is 2. The van der Waals surface area contributed by atoms with Crippen LogP contribution in [0, 0.1) is 22.7 Å². The van der Waals surface area contributed by atoms with Crippen LogP contribution in [0.25, 0.3) is 0 Å². The average Bonchev–Trinajstić information content (AvgIpc) is 3.32. The molecule has 2 aromatic carbocycles. The molecular weight excluding hydrogens is 549 g/mol. The fourth-order valence-electron chi connectivity index (χ4n) is 4.66. The van der Waals surface area contributed by atoms with E-state index in [0.717, 1.165) is 29.2 Å². The lowest BCUT2D eigenvalue weighted by Crippen LogP contribution is -2.47. The van der Waals surface area contributed by atoms with E-state index in [2.05, 4.69) is 10.0 Å². The van der Waals surface area contributed by atoms with Crippen molar-refractivity contribution >= 4 is 27.6 Å². The number of alkyl halides is 3. The molecule has 2 N–H and O–H groups in total. The number of amides is 3. The standard InChI is InChI=1S/C26H23F3N6O4S/c1-16-21(15-31)24(33-25(37)35(16)19-5-2-4-18(13-19)26(27,28)29)20-8-7-17(14-30)12-22(20)40(38,39)32-9-11-34-10-3-6-23(34)36/h2,4-5,7-8,12-13,24,32H,3,6,9-11H2,1H3,(H,33,37)/t24-/m1/s1. The first-order chi connectivity index (χ1) is 18.9. The molecule has 1 saturated heterocycles. The molecule has 10 nitrogen and oxygen atoms in total. The van der Waals surface area contributed by atoms with Gasteiger partial charge in [0.2, 0.25) is 15.9 Å². The maximum atomic E-state index is 13.3. The van der Waals surface area contributed by atoms with Gasteiger partial charge in [-0.2, -0.15) is 23.7 Å². The van der Waals surface area contributed by atoms with Crippen LogP contribution in [0.15, 0.2) is 58.6 Å². The van der Waals surface area contributed by atoms with Crippen molar-refractivity contribution in [3.63, 3.8) is 0 Å². The van der Waals surface area contributed by atoms with Crippen molar-refractivity contribution in [1.82, 2.24) is 14.9 Å². The number of likely N-dealkylation sites (tertiary alicyclic amines) is 1. The summed E-state index contributed by atoms with van der Waals surface area (Å²) in [5.41, 5.74) is -1.25. The summed E-state index contributed by atoms with van der Waals surface area (Å²) in [5, 5.41) is 21.9. The fraction of sp³-hybridized carbons (Fsp3) is 0.308. The first-order valence-electron chi connectivity index (χ1n) is 12.1. The predicted octanol–water partition coefficient (Wildman–Crippen LogP) is 3.55. The largest absolute Gasteiger partial charge is 0.416 e. The van der Waals surface area contributed by atoms with Crippen LogP contribution < -0.4 is 14.9 Å². The number of nitriles is 2.